The number of nitrogens with two attached hydrogens (primary N) is 1. The Hall–Kier alpha value is -3.81. The van der Waals surface area contributed by atoms with Crippen molar-refractivity contribution in [2.75, 3.05) is 25.3 Å². The Morgan fingerprint density at radius 3 is 2.33 bits per heavy atom. The maximum atomic E-state index is 10.3. The molecule has 160 valence electrons. The monoisotopic (exact) mass is 412 g/mol. The number of ether oxygens (including phenoxy) is 3. The maximum absolute atomic E-state index is 10.3. The lowest BCUT2D eigenvalue weighted by molar-refractivity contribution is -0.105. The molecule has 1 amide bonds. The maximum Gasteiger partial charge on any atom is 0.211 e. The van der Waals surface area contributed by atoms with Gasteiger partial charge in [0.15, 0.2) is 11.6 Å². The van der Waals surface area contributed by atoms with Gasteiger partial charge in [0.2, 0.25) is 6.41 Å². The lowest BCUT2D eigenvalue weighted by atomic mass is 10.3. The van der Waals surface area contributed by atoms with Crippen LogP contribution >= 0.6 is 0 Å². The van der Waals surface area contributed by atoms with Gasteiger partial charge >= 0.3 is 0 Å². The van der Waals surface area contributed by atoms with Gasteiger partial charge in [0.1, 0.15) is 18.1 Å². The number of aromatic nitrogens is 2. The number of rotatable bonds is 7. The molecule has 0 saturated carbocycles. The van der Waals surface area contributed by atoms with E-state index in [-0.39, 0.29) is 0 Å². The average Bonchev–Trinajstić information content (AvgIpc) is 2.81. The number of methoxy groups -OCH3 is 2. The second-order valence-corrected chi connectivity index (χ2v) is 5.40. The molecular weight excluding hydrogens is 384 g/mol. The van der Waals surface area contributed by atoms with E-state index < -0.39 is 0 Å². The first-order valence-corrected chi connectivity index (χ1v) is 9.31. The fourth-order valence-corrected chi connectivity index (χ4v) is 2.13. The van der Waals surface area contributed by atoms with Crippen LogP contribution in [0.4, 0.5) is 11.5 Å². The van der Waals surface area contributed by atoms with Crippen LogP contribution in [-0.4, -0.2) is 30.6 Å². The highest BCUT2D eigenvalue weighted by Crippen LogP contribution is 2.19. The summed E-state index contributed by atoms with van der Waals surface area (Å²) in [6, 6.07) is 12.7. The van der Waals surface area contributed by atoms with Crippen molar-refractivity contribution in [3.8, 4) is 17.2 Å². The van der Waals surface area contributed by atoms with Gasteiger partial charge < -0.3 is 25.3 Å². The predicted molar refractivity (Wildman–Crippen MR) is 118 cm³/mol. The molecule has 0 aliphatic carbocycles. The summed E-state index contributed by atoms with van der Waals surface area (Å²) in [5, 5.41) is 2.52. The predicted octanol–water partition coefficient (Wildman–Crippen LogP) is 3.94. The molecule has 2 aromatic heterocycles. The molecule has 1 aromatic carbocycles. The van der Waals surface area contributed by atoms with Crippen molar-refractivity contribution in [1.82, 2.24) is 9.97 Å². The molecule has 0 bridgehead atoms. The Kier molecular flexibility index (Phi) is 11.5. The Bertz CT molecular complexity index is 871. The van der Waals surface area contributed by atoms with Crippen LogP contribution in [0, 0.1) is 0 Å². The van der Waals surface area contributed by atoms with E-state index >= 15 is 0 Å². The number of nitrogens with one attached hydrogen (secondary N) is 1. The SMILES string of the molecule is CC.COc1cccc(OC)c1.Nc1ncccc1OCc1cncc(NC=O)c1. The fourth-order valence-electron chi connectivity index (χ4n) is 2.13. The molecule has 0 atom stereocenters. The van der Waals surface area contributed by atoms with Crippen LogP contribution in [-0.2, 0) is 11.4 Å². The summed E-state index contributed by atoms with van der Waals surface area (Å²) < 4.78 is 15.5. The fraction of sp³-hybridized carbons (Fsp3) is 0.227. The van der Waals surface area contributed by atoms with Crippen molar-refractivity contribution >= 4 is 17.9 Å². The van der Waals surface area contributed by atoms with E-state index in [1.54, 1.807) is 51.0 Å². The molecule has 0 aliphatic rings. The number of amides is 1. The number of pyridine rings is 2. The third-order valence-electron chi connectivity index (χ3n) is 3.49. The summed E-state index contributed by atoms with van der Waals surface area (Å²) in [5.74, 6) is 2.50. The average molecular weight is 412 g/mol. The molecule has 0 fully saturated rings. The standard InChI is InChI=1S/C12H12N4O2.C8H10O2.C2H6/c13-12-11(2-1-3-15-12)18-7-9-4-10(16-8-17)6-14-5-9;1-9-7-4-3-5-8(6-7)10-2;1-2/h1-6,8H,7H2,(H2,13,15)(H,16,17);3-6H,1-2H3;1-2H3. The zero-order valence-electron chi connectivity index (χ0n) is 17.7. The largest absolute Gasteiger partial charge is 0.497 e. The zero-order valence-corrected chi connectivity index (χ0v) is 17.7. The molecule has 3 aromatic rings. The van der Waals surface area contributed by atoms with Crippen LogP contribution in [0.3, 0.4) is 0 Å². The van der Waals surface area contributed by atoms with E-state index in [0.717, 1.165) is 17.1 Å². The van der Waals surface area contributed by atoms with Gasteiger partial charge in [0, 0.05) is 24.0 Å². The lowest BCUT2D eigenvalue weighted by Crippen LogP contribution is -2.02. The van der Waals surface area contributed by atoms with Gasteiger partial charge in [-0.25, -0.2) is 4.98 Å². The first-order valence-electron chi connectivity index (χ1n) is 9.31. The summed E-state index contributed by atoms with van der Waals surface area (Å²) in [4.78, 5) is 18.2. The number of hydrogen-bond acceptors (Lipinski definition) is 7. The zero-order chi connectivity index (χ0) is 22.2. The van der Waals surface area contributed by atoms with Crippen LogP contribution in [0.15, 0.2) is 61.1 Å². The van der Waals surface area contributed by atoms with Gasteiger partial charge in [0.05, 0.1) is 26.1 Å². The number of nitrogens with zero attached hydrogens (tertiary/aromatic N) is 2. The van der Waals surface area contributed by atoms with Gasteiger partial charge in [-0.3, -0.25) is 9.78 Å². The van der Waals surface area contributed by atoms with Crippen molar-refractivity contribution in [3.63, 3.8) is 0 Å². The van der Waals surface area contributed by atoms with E-state index in [1.165, 1.54) is 0 Å². The minimum absolute atomic E-state index is 0.303. The minimum Gasteiger partial charge on any atom is -0.497 e. The molecule has 2 heterocycles. The number of hydrogen-bond donors (Lipinski definition) is 2. The molecule has 0 spiro atoms. The highest BCUT2D eigenvalue weighted by molar-refractivity contribution is 5.70. The normalized spacial score (nSPS) is 9.07. The van der Waals surface area contributed by atoms with Gasteiger partial charge in [-0.2, -0.15) is 0 Å². The summed E-state index contributed by atoms with van der Waals surface area (Å²) in [5.41, 5.74) is 7.09. The van der Waals surface area contributed by atoms with Crippen LogP contribution in [0.5, 0.6) is 17.2 Å². The Morgan fingerprint density at radius 2 is 1.73 bits per heavy atom. The number of benzene rings is 1. The molecule has 8 heteroatoms. The van der Waals surface area contributed by atoms with Crippen molar-refractivity contribution in [2.45, 2.75) is 20.5 Å². The smallest absolute Gasteiger partial charge is 0.211 e. The van der Waals surface area contributed by atoms with Gasteiger partial charge in [0.25, 0.3) is 0 Å². The van der Waals surface area contributed by atoms with Crippen molar-refractivity contribution < 1.29 is 19.0 Å². The quantitative estimate of drug-likeness (QED) is 0.566. The summed E-state index contributed by atoms with van der Waals surface area (Å²) in [7, 11) is 3.27. The summed E-state index contributed by atoms with van der Waals surface area (Å²) in [6.07, 6.45) is 5.40. The van der Waals surface area contributed by atoms with E-state index in [0.29, 0.717) is 30.3 Å². The van der Waals surface area contributed by atoms with Gasteiger partial charge in [-0.1, -0.05) is 19.9 Å². The summed E-state index contributed by atoms with van der Waals surface area (Å²) in [6.45, 7) is 4.30. The first kappa shape index (κ1) is 24.2. The molecule has 3 rings (SSSR count). The molecule has 8 nitrogen and oxygen atoms in total. The third kappa shape index (κ3) is 8.47. The minimum atomic E-state index is 0.303. The van der Waals surface area contributed by atoms with E-state index in [2.05, 4.69) is 15.3 Å². The highest BCUT2D eigenvalue weighted by Gasteiger charge is 2.02. The Morgan fingerprint density at radius 1 is 1.03 bits per heavy atom. The third-order valence-corrected chi connectivity index (χ3v) is 3.49. The topological polar surface area (TPSA) is 109 Å². The molecule has 30 heavy (non-hydrogen) atoms. The highest BCUT2D eigenvalue weighted by atomic mass is 16.5. The van der Waals surface area contributed by atoms with Gasteiger partial charge in [-0.15, -0.1) is 0 Å². The Balaban J connectivity index is 0.000000318. The van der Waals surface area contributed by atoms with Crippen LogP contribution < -0.4 is 25.3 Å². The molecular formula is C22H28N4O4. The summed E-state index contributed by atoms with van der Waals surface area (Å²) >= 11 is 0. The molecule has 0 saturated heterocycles. The number of carbonyl (C=O) groups excluding carboxylic acids is 1. The van der Waals surface area contributed by atoms with Gasteiger partial charge in [-0.05, 0) is 30.3 Å². The van der Waals surface area contributed by atoms with E-state index in [1.807, 2.05) is 38.1 Å². The second kappa shape index (κ2) is 14.2. The molecule has 0 unspecified atom stereocenters. The van der Waals surface area contributed by atoms with Crippen LogP contribution in [0.25, 0.3) is 0 Å². The number of carbonyl (C=O) groups is 1. The second-order valence-electron chi connectivity index (χ2n) is 5.40. The number of anilines is 2. The van der Waals surface area contributed by atoms with E-state index in [4.69, 9.17) is 19.9 Å². The van der Waals surface area contributed by atoms with Crippen molar-refractivity contribution in [2.24, 2.45) is 0 Å². The lowest BCUT2D eigenvalue weighted by Gasteiger charge is -2.08. The molecule has 0 aliphatic heterocycles. The van der Waals surface area contributed by atoms with Crippen LogP contribution in [0.2, 0.25) is 0 Å². The van der Waals surface area contributed by atoms with Crippen molar-refractivity contribution in [1.29, 1.82) is 0 Å². The molecule has 3 N–H and O–H groups in total. The van der Waals surface area contributed by atoms with Crippen molar-refractivity contribution in [3.05, 3.63) is 66.6 Å². The first-order chi connectivity index (χ1) is 14.7. The van der Waals surface area contributed by atoms with E-state index in [9.17, 15) is 4.79 Å². The van der Waals surface area contributed by atoms with Crippen LogP contribution in [0.1, 0.15) is 19.4 Å². The molecule has 0 radical (unpaired) electrons. The Labute approximate surface area is 177 Å². The number of nitrogen functional groups attached to an aromatic ring is 1.